The number of hydrogen-bond donors (Lipinski definition) is 2. The fraction of sp³-hybridized carbons (Fsp3) is 0.0476. The predicted molar refractivity (Wildman–Crippen MR) is 103 cm³/mol. The van der Waals surface area contributed by atoms with Gasteiger partial charge in [0.05, 0.1) is 0 Å². The first-order valence-corrected chi connectivity index (χ1v) is 8.29. The van der Waals surface area contributed by atoms with Crippen LogP contribution in [-0.2, 0) is 0 Å². The van der Waals surface area contributed by atoms with Crippen LogP contribution in [0.4, 0.5) is 11.4 Å². The van der Waals surface area contributed by atoms with Gasteiger partial charge in [-0.2, -0.15) is 0 Å². The van der Waals surface area contributed by atoms with E-state index < -0.39 is 11.8 Å². The van der Waals surface area contributed by atoms with Crippen LogP contribution in [0.15, 0.2) is 72.8 Å². The van der Waals surface area contributed by atoms with Crippen LogP contribution in [0, 0.1) is 0 Å². The van der Waals surface area contributed by atoms with Gasteiger partial charge in [0.15, 0.2) is 5.78 Å². The molecule has 134 valence electrons. The van der Waals surface area contributed by atoms with E-state index in [0.29, 0.717) is 16.9 Å². The molecule has 2 aromatic carbocycles. The molecule has 0 radical (unpaired) electrons. The maximum absolute atomic E-state index is 12.4. The highest BCUT2D eigenvalue weighted by Crippen LogP contribution is 2.12. The molecule has 0 atom stereocenters. The molecule has 27 heavy (non-hydrogen) atoms. The summed E-state index contributed by atoms with van der Waals surface area (Å²) < 4.78 is 0. The summed E-state index contributed by atoms with van der Waals surface area (Å²) >= 11 is 0. The van der Waals surface area contributed by atoms with Gasteiger partial charge in [-0.05, 0) is 55.5 Å². The summed E-state index contributed by atoms with van der Waals surface area (Å²) in [6.07, 6.45) is 0. The van der Waals surface area contributed by atoms with Crippen molar-refractivity contribution >= 4 is 29.0 Å². The molecule has 6 heteroatoms. The van der Waals surface area contributed by atoms with Gasteiger partial charge >= 0.3 is 0 Å². The van der Waals surface area contributed by atoms with Crippen molar-refractivity contribution < 1.29 is 14.4 Å². The summed E-state index contributed by atoms with van der Waals surface area (Å²) in [5.41, 5.74) is 1.99. The quantitative estimate of drug-likeness (QED) is 0.679. The Hall–Kier alpha value is -3.80. The number of anilines is 2. The van der Waals surface area contributed by atoms with Gasteiger partial charge in [-0.1, -0.05) is 24.3 Å². The van der Waals surface area contributed by atoms with Gasteiger partial charge in [-0.3, -0.25) is 14.4 Å². The average molecular weight is 359 g/mol. The maximum atomic E-state index is 12.4. The number of amides is 2. The second-order valence-corrected chi connectivity index (χ2v) is 5.82. The highest BCUT2D eigenvalue weighted by molar-refractivity contribution is 6.06. The zero-order valence-corrected chi connectivity index (χ0v) is 14.6. The summed E-state index contributed by atoms with van der Waals surface area (Å²) in [6, 6.07) is 20.2. The first kappa shape index (κ1) is 18.0. The lowest BCUT2D eigenvalue weighted by molar-refractivity contribution is 0.100. The first-order valence-electron chi connectivity index (χ1n) is 8.29. The Balaban J connectivity index is 1.71. The number of nitrogens with one attached hydrogen (secondary N) is 2. The van der Waals surface area contributed by atoms with E-state index in [2.05, 4.69) is 15.6 Å². The van der Waals surface area contributed by atoms with E-state index in [4.69, 9.17) is 0 Å². The molecular formula is C21H17N3O3. The van der Waals surface area contributed by atoms with E-state index >= 15 is 0 Å². The highest BCUT2D eigenvalue weighted by Gasteiger charge is 2.13. The number of para-hydroxylation sites is 1. The molecule has 0 aliphatic heterocycles. The van der Waals surface area contributed by atoms with Crippen LogP contribution in [0.25, 0.3) is 0 Å². The van der Waals surface area contributed by atoms with Crippen LogP contribution in [0.3, 0.4) is 0 Å². The van der Waals surface area contributed by atoms with E-state index in [1.807, 2.05) is 18.2 Å². The maximum Gasteiger partial charge on any atom is 0.274 e. The van der Waals surface area contributed by atoms with E-state index in [9.17, 15) is 14.4 Å². The Morgan fingerprint density at radius 3 is 1.70 bits per heavy atom. The van der Waals surface area contributed by atoms with Crippen molar-refractivity contribution in [1.29, 1.82) is 0 Å². The molecule has 2 amide bonds. The molecule has 2 N–H and O–H groups in total. The van der Waals surface area contributed by atoms with E-state index in [1.54, 1.807) is 42.5 Å². The number of carbonyl (C=O) groups excluding carboxylic acids is 3. The molecule has 0 bridgehead atoms. The molecule has 1 aromatic heterocycles. The first-order chi connectivity index (χ1) is 13.0. The predicted octanol–water partition coefficient (Wildman–Crippen LogP) is 3.79. The number of aromatic nitrogens is 1. The lowest BCUT2D eigenvalue weighted by Gasteiger charge is -2.08. The Morgan fingerprint density at radius 1 is 0.667 bits per heavy atom. The highest BCUT2D eigenvalue weighted by atomic mass is 16.2. The Kier molecular flexibility index (Phi) is 5.37. The number of hydrogen-bond acceptors (Lipinski definition) is 4. The van der Waals surface area contributed by atoms with Crippen molar-refractivity contribution in [2.45, 2.75) is 6.92 Å². The number of nitrogens with zero attached hydrogens (tertiary/aromatic N) is 1. The SMILES string of the molecule is CC(=O)c1ccc(NC(=O)c2cccc(C(=O)Nc3ccccc3)n2)cc1. The molecule has 0 saturated heterocycles. The van der Waals surface area contributed by atoms with E-state index in [0.717, 1.165) is 0 Å². The van der Waals surface area contributed by atoms with Crippen LogP contribution < -0.4 is 10.6 Å². The van der Waals surface area contributed by atoms with Crippen LogP contribution >= 0.6 is 0 Å². The van der Waals surface area contributed by atoms with Gasteiger partial charge < -0.3 is 10.6 Å². The smallest absolute Gasteiger partial charge is 0.274 e. The average Bonchev–Trinajstić information content (AvgIpc) is 2.69. The van der Waals surface area contributed by atoms with Crippen LogP contribution in [0.1, 0.15) is 38.3 Å². The number of rotatable bonds is 5. The largest absolute Gasteiger partial charge is 0.321 e. The lowest BCUT2D eigenvalue weighted by atomic mass is 10.1. The minimum atomic E-state index is -0.445. The topological polar surface area (TPSA) is 88.2 Å². The second-order valence-electron chi connectivity index (χ2n) is 5.82. The van der Waals surface area contributed by atoms with Crippen molar-refractivity contribution in [3.05, 3.63) is 89.7 Å². The summed E-state index contributed by atoms with van der Waals surface area (Å²) in [4.78, 5) is 40.1. The molecule has 0 fully saturated rings. The van der Waals surface area contributed by atoms with Gasteiger partial charge in [0.1, 0.15) is 11.4 Å². The van der Waals surface area contributed by atoms with Crippen molar-refractivity contribution in [2.24, 2.45) is 0 Å². The second kappa shape index (κ2) is 8.05. The molecule has 6 nitrogen and oxygen atoms in total. The molecule has 0 unspecified atom stereocenters. The minimum absolute atomic E-state index is 0.0494. The monoisotopic (exact) mass is 359 g/mol. The van der Waals surface area contributed by atoms with E-state index in [-0.39, 0.29) is 17.2 Å². The molecule has 3 aromatic rings. The van der Waals surface area contributed by atoms with Crippen LogP contribution in [-0.4, -0.2) is 22.6 Å². The Bertz CT molecular complexity index is 983. The van der Waals surface area contributed by atoms with Crippen molar-refractivity contribution in [3.63, 3.8) is 0 Å². The molecule has 0 aliphatic rings. The van der Waals surface area contributed by atoms with Gasteiger partial charge in [0.2, 0.25) is 0 Å². The third-order valence-corrected chi connectivity index (χ3v) is 3.80. The molecular weight excluding hydrogens is 342 g/mol. The third kappa shape index (κ3) is 4.64. The summed E-state index contributed by atoms with van der Waals surface area (Å²) in [5.74, 6) is -0.895. The van der Waals surface area contributed by atoms with Crippen molar-refractivity contribution in [2.75, 3.05) is 10.6 Å². The Morgan fingerprint density at radius 2 is 1.19 bits per heavy atom. The van der Waals surface area contributed by atoms with Gasteiger partial charge in [0, 0.05) is 16.9 Å². The van der Waals surface area contributed by atoms with Crippen molar-refractivity contribution in [3.8, 4) is 0 Å². The van der Waals surface area contributed by atoms with Gasteiger partial charge in [-0.25, -0.2) is 4.98 Å². The number of benzene rings is 2. The zero-order chi connectivity index (χ0) is 19.2. The molecule has 0 saturated carbocycles. The minimum Gasteiger partial charge on any atom is -0.321 e. The lowest BCUT2D eigenvalue weighted by Crippen LogP contribution is -2.18. The molecule has 0 aliphatic carbocycles. The van der Waals surface area contributed by atoms with Crippen LogP contribution in [0.5, 0.6) is 0 Å². The van der Waals surface area contributed by atoms with E-state index in [1.165, 1.54) is 19.1 Å². The van der Waals surface area contributed by atoms with Crippen LogP contribution in [0.2, 0.25) is 0 Å². The van der Waals surface area contributed by atoms with Crippen molar-refractivity contribution in [1.82, 2.24) is 4.98 Å². The number of Topliss-reactive ketones (excluding diaryl/α,β-unsaturated/α-hetero) is 1. The number of ketones is 1. The summed E-state index contributed by atoms with van der Waals surface area (Å²) in [7, 11) is 0. The normalized spacial score (nSPS) is 10.1. The molecule has 3 rings (SSSR count). The number of pyridine rings is 1. The fourth-order valence-corrected chi connectivity index (χ4v) is 2.39. The third-order valence-electron chi connectivity index (χ3n) is 3.80. The van der Waals surface area contributed by atoms with Gasteiger partial charge in [0.25, 0.3) is 11.8 Å². The number of carbonyl (C=O) groups is 3. The summed E-state index contributed by atoms with van der Waals surface area (Å²) in [5, 5.41) is 5.42. The fourth-order valence-electron chi connectivity index (χ4n) is 2.39. The standard InChI is InChI=1S/C21H17N3O3/c1-14(25)15-10-12-17(13-11-15)23-21(27)19-9-5-8-18(24-19)20(26)22-16-6-3-2-4-7-16/h2-13H,1H3,(H,22,26)(H,23,27). The Labute approximate surface area is 156 Å². The van der Waals surface area contributed by atoms with Gasteiger partial charge in [-0.15, -0.1) is 0 Å². The molecule has 1 heterocycles. The zero-order valence-electron chi connectivity index (χ0n) is 14.6. The molecule has 0 spiro atoms. The summed E-state index contributed by atoms with van der Waals surface area (Å²) in [6.45, 7) is 1.48.